The molecule has 0 fully saturated rings. The standard InChI is InChI=1S/C6H7BrClN3O/c1-11-5(2-4(7)10-11)9-6(12)3-8/h2H,3H2,1H3,(H,9,12). The summed E-state index contributed by atoms with van der Waals surface area (Å²) in [5.41, 5.74) is 0. The lowest BCUT2D eigenvalue weighted by molar-refractivity contribution is -0.114. The van der Waals surface area contributed by atoms with Crippen LogP contribution in [0.5, 0.6) is 0 Å². The molecule has 0 aliphatic rings. The number of hydrogen-bond donors (Lipinski definition) is 1. The number of hydrogen-bond acceptors (Lipinski definition) is 2. The van der Waals surface area contributed by atoms with E-state index in [1.165, 1.54) is 0 Å². The maximum absolute atomic E-state index is 10.8. The van der Waals surface area contributed by atoms with Crippen molar-refractivity contribution in [2.75, 3.05) is 11.2 Å². The first-order chi connectivity index (χ1) is 5.63. The molecule has 0 radical (unpaired) electrons. The van der Waals surface area contributed by atoms with Crippen molar-refractivity contribution in [3.8, 4) is 0 Å². The number of nitrogens with zero attached hydrogens (tertiary/aromatic N) is 2. The highest BCUT2D eigenvalue weighted by atomic mass is 79.9. The van der Waals surface area contributed by atoms with Crippen molar-refractivity contribution in [1.29, 1.82) is 0 Å². The van der Waals surface area contributed by atoms with Crippen LogP contribution in [0.4, 0.5) is 5.82 Å². The van der Waals surface area contributed by atoms with E-state index in [4.69, 9.17) is 11.6 Å². The van der Waals surface area contributed by atoms with Crippen molar-refractivity contribution in [2.45, 2.75) is 0 Å². The Morgan fingerprint density at radius 1 is 1.92 bits per heavy atom. The Kier molecular flexibility index (Phi) is 3.11. The largest absolute Gasteiger partial charge is 0.310 e. The van der Waals surface area contributed by atoms with Gasteiger partial charge in [0.25, 0.3) is 0 Å². The van der Waals surface area contributed by atoms with E-state index in [-0.39, 0.29) is 11.8 Å². The number of amides is 1. The average Bonchev–Trinajstić information content (AvgIpc) is 2.30. The Morgan fingerprint density at radius 3 is 3.00 bits per heavy atom. The molecule has 1 aromatic rings. The second-order valence-corrected chi connectivity index (χ2v) is 3.24. The van der Waals surface area contributed by atoms with E-state index in [2.05, 4.69) is 26.3 Å². The molecule has 0 spiro atoms. The maximum Gasteiger partial charge on any atom is 0.240 e. The van der Waals surface area contributed by atoms with E-state index in [9.17, 15) is 4.79 Å². The normalized spacial score (nSPS) is 9.92. The summed E-state index contributed by atoms with van der Waals surface area (Å²) in [6.07, 6.45) is 0. The van der Waals surface area contributed by atoms with Crippen LogP contribution in [0.3, 0.4) is 0 Å². The van der Waals surface area contributed by atoms with Crippen molar-refractivity contribution in [3.05, 3.63) is 10.7 Å². The lowest BCUT2D eigenvalue weighted by atomic mass is 10.6. The third-order valence-electron chi connectivity index (χ3n) is 1.24. The molecular weight excluding hydrogens is 245 g/mol. The van der Waals surface area contributed by atoms with Crippen LogP contribution in [-0.2, 0) is 11.8 Å². The molecule has 0 atom stereocenters. The zero-order chi connectivity index (χ0) is 9.14. The number of nitrogens with one attached hydrogen (secondary N) is 1. The van der Waals surface area contributed by atoms with E-state index in [0.29, 0.717) is 10.4 Å². The van der Waals surface area contributed by atoms with E-state index >= 15 is 0 Å². The predicted octanol–water partition coefficient (Wildman–Crippen LogP) is 1.36. The minimum absolute atomic E-state index is 0.0528. The van der Waals surface area contributed by atoms with Crippen LogP contribution < -0.4 is 5.32 Å². The number of carbonyl (C=O) groups is 1. The molecule has 1 amide bonds. The van der Waals surface area contributed by atoms with Crippen LogP contribution in [0.1, 0.15) is 0 Å². The summed E-state index contributed by atoms with van der Waals surface area (Å²) < 4.78 is 2.23. The molecule has 1 rings (SSSR count). The number of halogens is 2. The van der Waals surface area contributed by atoms with Gasteiger partial charge in [-0.05, 0) is 15.9 Å². The first-order valence-corrected chi connectivity index (χ1v) is 4.51. The highest BCUT2D eigenvalue weighted by Gasteiger charge is 2.05. The Labute approximate surface area is 83.0 Å². The van der Waals surface area contributed by atoms with Crippen molar-refractivity contribution < 1.29 is 4.79 Å². The van der Waals surface area contributed by atoms with Crippen molar-refractivity contribution >= 4 is 39.3 Å². The van der Waals surface area contributed by atoms with E-state index in [1.807, 2.05) is 0 Å². The molecule has 66 valence electrons. The van der Waals surface area contributed by atoms with Crippen LogP contribution in [0.25, 0.3) is 0 Å². The second-order valence-electron chi connectivity index (χ2n) is 2.16. The van der Waals surface area contributed by atoms with E-state index in [1.54, 1.807) is 17.8 Å². The highest BCUT2D eigenvalue weighted by Crippen LogP contribution is 2.13. The molecule has 0 saturated carbocycles. The van der Waals surface area contributed by atoms with Crippen LogP contribution in [0.2, 0.25) is 0 Å². The fourth-order valence-corrected chi connectivity index (χ4v) is 1.25. The summed E-state index contributed by atoms with van der Waals surface area (Å²) >= 11 is 8.49. The molecule has 0 saturated heterocycles. The Morgan fingerprint density at radius 2 is 2.58 bits per heavy atom. The zero-order valence-electron chi connectivity index (χ0n) is 6.34. The number of aromatic nitrogens is 2. The van der Waals surface area contributed by atoms with E-state index < -0.39 is 0 Å². The molecule has 0 aromatic carbocycles. The van der Waals surface area contributed by atoms with E-state index in [0.717, 1.165) is 0 Å². The van der Waals surface area contributed by atoms with Gasteiger partial charge in [-0.3, -0.25) is 9.48 Å². The molecule has 1 N–H and O–H groups in total. The van der Waals surface area contributed by atoms with Crippen LogP contribution in [0.15, 0.2) is 10.7 Å². The van der Waals surface area contributed by atoms with Crippen LogP contribution >= 0.6 is 27.5 Å². The number of aryl methyl sites for hydroxylation is 1. The number of alkyl halides is 1. The molecular formula is C6H7BrClN3O. The number of carbonyl (C=O) groups excluding carboxylic acids is 1. The van der Waals surface area contributed by atoms with Crippen molar-refractivity contribution in [3.63, 3.8) is 0 Å². The van der Waals surface area contributed by atoms with Gasteiger partial charge in [0.2, 0.25) is 5.91 Å². The van der Waals surface area contributed by atoms with Crippen molar-refractivity contribution in [1.82, 2.24) is 9.78 Å². The SMILES string of the molecule is Cn1nc(Br)cc1NC(=O)CCl. The molecule has 0 unspecified atom stereocenters. The third kappa shape index (κ3) is 2.22. The monoisotopic (exact) mass is 251 g/mol. The number of rotatable bonds is 2. The minimum atomic E-state index is -0.243. The van der Waals surface area contributed by atoms with Gasteiger partial charge in [0.1, 0.15) is 16.3 Å². The summed E-state index contributed by atoms with van der Waals surface area (Å²) in [7, 11) is 1.73. The molecule has 0 aliphatic heterocycles. The summed E-state index contributed by atoms with van der Waals surface area (Å²) in [6.45, 7) is 0. The Balaban J connectivity index is 2.75. The highest BCUT2D eigenvalue weighted by molar-refractivity contribution is 9.10. The first kappa shape index (κ1) is 9.54. The smallest absolute Gasteiger partial charge is 0.240 e. The van der Waals surface area contributed by atoms with Crippen LogP contribution in [-0.4, -0.2) is 21.6 Å². The summed E-state index contributed by atoms with van der Waals surface area (Å²) in [5, 5.41) is 6.55. The molecule has 6 heteroatoms. The van der Waals surface area contributed by atoms with Gasteiger partial charge < -0.3 is 5.32 Å². The fourth-order valence-electron chi connectivity index (χ4n) is 0.726. The molecule has 1 heterocycles. The zero-order valence-corrected chi connectivity index (χ0v) is 8.68. The molecule has 1 aromatic heterocycles. The average molecular weight is 252 g/mol. The van der Waals surface area contributed by atoms with Gasteiger partial charge in [-0.2, -0.15) is 5.10 Å². The lowest BCUT2D eigenvalue weighted by Gasteiger charge is -2.00. The summed E-state index contributed by atoms with van der Waals surface area (Å²) in [6, 6.07) is 1.70. The molecule has 0 bridgehead atoms. The van der Waals surface area contributed by atoms with Crippen LogP contribution in [0, 0.1) is 0 Å². The van der Waals surface area contributed by atoms with Gasteiger partial charge in [0.15, 0.2) is 0 Å². The topological polar surface area (TPSA) is 46.9 Å². The molecule has 12 heavy (non-hydrogen) atoms. The summed E-state index contributed by atoms with van der Waals surface area (Å²) in [5.74, 6) is 0.322. The molecule has 0 aliphatic carbocycles. The first-order valence-electron chi connectivity index (χ1n) is 3.19. The van der Waals surface area contributed by atoms with Gasteiger partial charge in [-0.1, -0.05) is 0 Å². The van der Waals surface area contributed by atoms with Crippen molar-refractivity contribution in [2.24, 2.45) is 7.05 Å². The maximum atomic E-state index is 10.8. The van der Waals surface area contributed by atoms with Gasteiger partial charge in [0.05, 0.1) is 0 Å². The fraction of sp³-hybridized carbons (Fsp3) is 0.333. The minimum Gasteiger partial charge on any atom is -0.310 e. The van der Waals surface area contributed by atoms with Gasteiger partial charge in [-0.25, -0.2) is 0 Å². The number of anilines is 1. The predicted molar refractivity (Wildman–Crippen MR) is 50.3 cm³/mol. The van der Waals surface area contributed by atoms with Gasteiger partial charge in [0, 0.05) is 13.1 Å². The van der Waals surface area contributed by atoms with Gasteiger partial charge in [-0.15, -0.1) is 11.6 Å². The quantitative estimate of drug-likeness (QED) is 0.808. The second kappa shape index (κ2) is 3.91. The van der Waals surface area contributed by atoms with Gasteiger partial charge >= 0.3 is 0 Å². The lowest BCUT2D eigenvalue weighted by Crippen LogP contribution is -2.15. The Bertz CT molecular complexity index is 299. The summed E-state index contributed by atoms with van der Waals surface area (Å²) in [4.78, 5) is 10.8. The Hall–Kier alpha value is -0.550. The third-order valence-corrected chi connectivity index (χ3v) is 1.87. The molecule has 4 nitrogen and oxygen atoms in total.